The van der Waals surface area contributed by atoms with Gasteiger partial charge in [-0.25, -0.2) is 4.98 Å². The minimum absolute atomic E-state index is 0.260. The van der Waals surface area contributed by atoms with Crippen molar-refractivity contribution in [3.8, 4) is 16.8 Å². The molecule has 0 radical (unpaired) electrons. The van der Waals surface area contributed by atoms with Crippen LogP contribution in [0.15, 0.2) is 146 Å². The third kappa shape index (κ3) is 3.68. The molecule has 4 heteroatoms. The summed E-state index contributed by atoms with van der Waals surface area (Å²) in [5.74, 6) is 1.45. The summed E-state index contributed by atoms with van der Waals surface area (Å²) in [6, 6.07) is 44.8. The van der Waals surface area contributed by atoms with Crippen molar-refractivity contribution in [1.82, 2.24) is 9.55 Å². The quantitative estimate of drug-likeness (QED) is 0.199. The summed E-state index contributed by atoms with van der Waals surface area (Å²) in [6.45, 7) is 2.31. The number of allylic oxidation sites excluding steroid dienone is 2. The van der Waals surface area contributed by atoms with E-state index >= 15 is 0 Å². The Morgan fingerprint density at radius 3 is 2.30 bits per heavy atom. The van der Waals surface area contributed by atoms with Gasteiger partial charge in [0.25, 0.3) is 0 Å². The lowest BCUT2D eigenvalue weighted by molar-refractivity contribution is 0.634. The van der Waals surface area contributed by atoms with Gasteiger partial charge in [-0.1, -0.05) is 85.8 Å². The zero-order valence-corrected chi connectivity index (χ0v) is 26.1. The molecule has 4 heterocycles. The van der Waals surface area contributed by atoms with E-state index < -0.39 is 0 Å². The smallest absolute Gasteiger partial charge is 0.141 e. The maximum absolute atomic E-state index is 4.86. The fraction of sp³-hybridized carbons (Fsp3) is 0.0714. The molecule has 0 spiro atoms. The number of aromatic nitrogens is 2. The number of benzene rings is 5. The molecule has 2 atom stereocenters. The van der Waals surface area contributed by atoms with Crippen LogP contribution in [0.2, 0.25) is 0 Å². The van der Waals surface area contributed by atoms with E-state index in [4.69, 9.17) is 4.98 Å². The molecule has 218 valence electrons. The monoisotopic (exact) mass is 607 g/mol. The van der Waals surface area contributed by atoms with Crippen LogP contribution >= 0.6 is 11.3 Å². The molecular weight excluding hydrogens is 579 g/mol. The number of rotatable bonds is 3. The van der Waals surface area contributed by atoms with Gasteiger partial charge in [-0.3, -0.25) is 0 Å². The third-order valence-electron chi connectivity index (χ3n) is 9.87. The first-order chi connectivity index (χ1) is 22.7. The van der Waals surface area contributed by atoms with E-state index in [1.54, 1.807) is 0 Å². The Morgan fingerprint density at radius 1 is 0.630 bits per heavy atom. The van der Waals surface area contributed by atoms with Crippen LogP contribution in [0.1, 0.15) is 12.5 Å². The van der Waals surface area contributed by atoms with Gasteiger partial charge in [0.15, 0.2) is 0 Å². The zero-order valence-electron chi connectivity index (χ0n) is 25.3. The van der Waals surface area contributed by atoms with Crippen molar-refractivity contribution in [1.29, 1.82) is 0 Å². The van der Waals surface area contributed by atoms with Crippen LogP contribution in [-0.4, -0.2) is 15.6 Å². The normalized spacial score (nSPS) is 17.2. The molecule has 1 aliphatic heterocycles. The number of para-hydroxylation sites is 2. The van der Waals surface area contributed by atoms with E-state index in [9.17, 15) is 0 Å². The number of thiophene rings is 1. The second kappa shape index (κ2) is 9.77. The predicted octanol–water partition coefficient (Wildman–Crippen LogP) is 11.3. The Balaban J connectivity index is 1.08. The second-order valence-corrected chi connectivity index (χ2v) is 13.6. The van der Waals surface area contributed by atoms with Crippen LogP contribution in [0.5, 0.6) is 0 Å². The van der Waals surface area contributed by atoms with Crippen LogP contribution in [0.25, 0.3) is 64.4 Å². The summed E-state index contributed by atoms with van der Waals surface area (Å²) in [5.41, 5.74) is 9.93. The summed E-state index contributed by atoms with van der Waals surface area (Å²) >= 11 is 1.88. The molecule has 1 unspecified atom stereocenters. The van der Waals surface area contributed by atoms with E-state index in [2.05, 4.69) is 156 Å². The van der Waals surface area contributed by atoms with Gasteiger partial charge in [0.05, 0.1) is 17.1 Å². The second-order valence-electron chi connectivity index (χ2n) is 12.5. The molecular formula is C42H29N3S. The molecule has 10 rings (SSSR count). The van der Waals surface area contributed by atoms with Crippen molar-refractivity contribution >= 4 is 70.4 Å². The molecule has 0 fully saturated rings. The fourth-order valence-corrected chi connectivity index (χ4v) is 8.96. The Bertz CT molecular complexity index is 2570. The van der Waals surface area contributed by atoms with E-state index in [1.165, 1.54) is 75.6 Å². The molecule has 0 saturated carbocycles. The van der Waals surface area contributed by atoms with Gasteiger partial charge < -0.3 is 9.47 Å². The number of fused-ring (bicyclic) bond motifs is 9. The first-order valence-corrected chi connectivity index (χ1v) is 16.7. The summed E-state index contributed by atoms with van der Waals surface area (Å²) in [6.07, 6.45) is 8.69. The molecule has 0 bridgehead atoms. The summed E-state index contributed by atoms with van der Waals surface area (Å²) in [7, 11) is 0. The number of nitrogens with zero attached hydrogens (tertiary/aromatic N) is 3. The Labute approximate surface area is 271 Å². The van der Waals surface area contributed by atoms with E-state index in [-0.39, 0.29) is 6.04 Å². The highest BCUT2D eigenvalue weighted by atomic mass is 32.1. The highest BCUT2D eigenvalue weighted by Gasteiger charge is 2.39. The standard InChI is InChI=1S/C42H29N3S/c1-26-9-7-13-34-35-14-8-22-43-42(35)45(41(26)34)30-18-20-33-32-19-16-28(24-39(32)46-40(33)25-30)27-17-21-38-36(23-27)31-12-5-6-15-37(31)44(38)29-10-3-2-4-11-29/h2-26,41H,1H3/t26-,41?/m1/s1. The van der Waals surface area contributed by atoms with Gasteiger partial charge in [-0.2, -0.15) is 0 Å². The van der Waals surface area contributed by atoms with Crippen LogP contribution in [-0.2, 0) is 0 Å². The average Bonchev–Trinajstić information content (AvgIpc) is 3.76. The Hall–Kier alpha value is -5.45. The first-order valence-electron chi connectivity index (χ1n) is 15.9. The lowest BCUT2D eigenvalue weighted by Crippen LogP contribution is -2.33. The van der Waals surface area contributed by atoms with Crippen LogP contribution in [0, 0.1) is 5.92 Å². The SMILES string of the molecule is C[C@@H]1C=CC=C2c3cccnc3N(c3ccc4c(c3)sc3cc(-c5ccc6c(c5)c5ccccc5n6-c5ccccc5)ccc34)C21. The fourth-order valence-electron chi connectivity index (χ4n) is 7.78. The molecule has 5 aromatic carbocycles. The van der Waals surface area contributed by atoms with Crippen molar-refractivity contribution in [3.63, 3.8) is 0 Å². The molecule has 2 aliphatic rings. The van der Waals surface area contributed by atoms with Crippen molar-refractivity contribution in [2.24, 2.45) is 5.92 Å². The molecule has 8 aromatic rings. The number of hydrogen-bond acceptors (Lipinski definition) is 3. The highest BCUT2D eigenvalue weighted by Crippen LogP contribution is 2.49. The number of hydrogen-bond donors (Lipinski definition) is 0. The van der Waals surface area contributed by atoms with E-state index in [0.29, 0.717) is 5.92 Å². The molecule has 46 heavy (non-hydrogen) atoms. The van der Waals surface area contributed by atoms with E-state index in [1.807, 2.05) is 17.5 Å². The molecule has 0 amide bonds. The van der Waals surface area contributed by atoms with Gasteiger partial charge in [-0.05, 0) is 83.3 Å². The molecule has 0 saturated heterocycles. The maximum atomic E-state index is 4.86. The largest absolute Gasteiger partial charge is 0.318 e. The van der Waals surface area contributed by atoms with Gasteiger partial charge in [0.1, 0.15) is 5.82 Å². The maximum Gasteiger partial charge on any atom is 0.141 e. The minimum atomic E-state index is 0.260. The van der Waals surface area contributed by atoms with E-state index in [0.717, 1.165) is 5.82 Å². The van der Waals surface area contributed by atoms with Crippen molar-refractivity contribution in [2.45, 2.75) is 13.0 Å². The predicted molar refractivity (Wildman–Crippen MR) is 196 cm³/mol. The molecule has 1 aliphatic carbocycles. The van der Waals surface area contributed by atoms with Crippen molar-refractivity contribution in [3.05, 3.63) is 151 Å². The average molecular weight is 608 g/mol. The Kier molecular flexibility index (Phi) is 5.49. The molecule has 0 N–H and O–H groups in total. The zero-order chi connectivity index (χ0) is 30.4. The van der Waals surface area contributed by atoms with Crippen molar-refractivity contribution in [2.75, 3.05) is 4.90 Å². The summed E-state index contributed by atoms with van der Waals surface area (Å²) in [5, 5.41) is 5.17. The van der Waals surface area contributed by atoms with Crippen LogP contribution in [0.4, 0.5) is 11.5 Å². The van der Waals surface area contributed by atoms with Crippen LogP contribution < -0.4 is 4.90 Å². The summed E-state index contributed by atoms with van der Waals surface area (Å²) in [4.78, 5) is 7.31. The summed E-state index contributed by atoms with van der Waals surface area (Å²) < 4.78 is 4.99. The minimum Gasteiger partial charge on any atom is -0.318 e. The van der Waals surface area contributed by atoms with Gasteiger partial charge in [-0.15, -0.1) is 11.3 Å². The van der Waals surface area contributed by atoms with Crippen molar-refractivity contribution < 1.29 is 0 Å². The Morgan fingerprint density at radius 2 is 1.39 bits per heavy atom. The van der Waals surface area contributed by atoms with Gasteiger partial charge in [0.2, 0.25) is 0 Å². The van der Waals surface area contributed by atoms with Gasteiger partial charge >= 0.3 is 0 Å². The van der Waals surface area contributed by atoms with Crippen LogP contribution in [0.3, 0.4) is 0 Å². The first kappa shape index (κ1) is 25.8. The topological polar surface area (TPSA) is 21.1 Å². The molecule has 3 nitrogen and oxygen atoms in total. The number of pyridine rings is 1. The van der Waals surface area contributed by atoms with Gasteiger partial charge in [0, 0.05) is 54.1 Å². The lowest BCUT2D eigenvalue weighted by atomic mass is 9.88. The lowest BCUT2D eigenvalue weighted by Gasteiger charge is -2.32. The third-order valence-corrected chi connectivity index (χ3v) is 11.0. The molecule has 3 aromatic heterocycles. The highest BCUT2D eigenvalue weighted by molar-refractivity contribution is 7.25. The number of anilines is 2.